The number of carboxylic acid groups (broad SMARTS) is 1. The summed E-state index contributed by atoms with van der Waals surface area (Å²) >= 11 is 6.57. The van der Waals surface area contributed by atoms with Gasteiger partial charge >= 0.3 is 5.97 Å². The Balaban J connectivity index is 1.57. The highest BCUT2D eigenvalue weighted by atomic mass is 35.5. The number of hydrogen-bond donors (Lipinski definition) is 3. The number of rotatable bonds is 10. The zero-order chi connectivity index (χ0) is 21.5. The van der Waals surface area contributed by atoms with Crippen molar-refractivity contribution in [3.05, 3.63) is 35.4 Å². The molecule has 0 bridgehead atoms. The van der Waals surface area contributed by atoms with Gasteiger partial charge in [-0.25, -0.2) is 4.79 Å². The van der Waals surface area contributed by atoms with E-state index >= 15 is 0 Å². The summed E-state index contributed by atoms with van der Waals surface area (Å²) in [5.74, 6) is -0.430. The van der Waals surface area contributed by atoms with Crippen molar-refractivity contribution < 1.29 is 24.9 Å². The number of benzene rings is 1. The molecule has 2 fully saturated rings. The standard InChI is InChI=1S/C24H35ClO5/c25-20-14-21(26)23(19(20)8-4-5-13-30-15-22(27)28)16-9-11-18(12-10-16)24(29)17-6-2-1-3-7-17/h9-12,17,19-21,23-24,26,29H,1-8,13-15H2,(H,27,28)/t19-,20+,21+,23+,24?/m0/s1. The van der Waals surface area contributed by atoms with Gasteiger partial charge in [-0.3, -0.25) is 0 Å². The number of hydrogen-bond acceptors (Lipinski definition) is 4. The summed E-state index contributed by atoms with van der Waals surface area (Å²) in [6.07, 6.45) is 8.12. The summed E-state index contributed by atoms with van der Waals surface area (Å²) in [6, 6.07) is 8.12. The molecule has 0 saturated heterocycles. The van der Waals surface area contributed by atoms with Gasteiger partial charge < -0.3 is 20.1 Å². The van der Waals surface area contributed by atoms with E-state index in [1.54, 1.807) is 0 Å². The maximum Gasteiger partial charge on any atom is 0.329 e. The van der Waals surface area contributed by atoms with E-state index in [0.29, 0.717) is 18.9 Å². The van der Waals surface area contributed by atoms with Crippen molar-refractivity contribution in [1.82, 2.24) is 0 Å². The van der Waals surface area contributed by atoms with Crippen LogP contribution < -0.4 is 0 Å². The summed E-state index contributed by atoms with van der Waals surface area (Å²) in [5.41, 5.74) is 2.05. The zero-order valence-electron chi connectivity index (χ0n) is 17.6. The van der Waals surface area contributed by atoms with E-state index < -0.39 is 18.2 Å². The van der Waals surface area contributed by atoms with Gasteiger partial charge in [0.15, 0.2) is 0 Å². The molecule has 0 aromatic heterocycles. The van der Waals surface area contributed by atoms with Crippen LogP contribution in [0.3, 0.4) is 0 Å². The topological polar surface area (TPSA) is 87.0 Å². The first kappa shape index (κ1) is 23.5. The van der Waals surface area contributed by atoms with Gasteiger partial charge in [0.1, 0.15) is 6.61 Å². The molecule has 168 valence electrons. The van der Waals surface area contributed by atoms with Crippen LogP contribution in [0, 0.1) is 11.8 Å². The van der Waals surface area contributed by atoms with E-state index in [4.69, 9.17) is 21.4 Å². The van der Waals surface area contributed by atoms with E-state index in [0.717, 1.165) is 43.2 Å². The molecule has 0 heterocycles. The van der Waals surface area contributed by atoms with E-state index in [1.807, 2.05) is 24.3 Å². The number of alkyl halides is 1. The maximum absolute atomic E-state index is 10.7. The molecule has 0 spiro atoms. The summed E-state index contributed by atoms with van der Waals surface area (Å²) in [4.78, 5) is 10.5. The van der Waals surface area contributed by atoms with Crippen molar-refractivity contribution in [1.29, 1.82) is 0 Å². The van der Waals surface area contributed by atoms with Crippen molar-refractivity contribution in [2.75, 3.05) is 13.2 Å². The molecule has 0 amide bonds. The Morgan fingerprint density at radius 3 is 2.50 bits per heavy atom. The number of ether oxygens (including phenoxy) is 1. The fourth-order valence-corrected chi connectivity index (χ4v) is 5.74. The van der Waals surface area contributed by atoms with Crippen molar-refractivity contribution in [2.45, 2.75) is 81.3 Å². The van der Waals surface area contributed by atoms with Gasteiger partial charge in [-0.2, -0.15) is 0 Å². The van der Waals surface area contributed by atoms with Gasteiger partial charge in [0.25, 0.3) is 0 Å². The maximum atomic E-state index is 10.7. The molecular weight excluding hydrogens is 404 g/mol. The van der Waals surface area contributed by atoms with Crippen LogP contribution in [0.1, 0.15) is 80.9 Å². The summed E-state index contributed by atoms with van der Waals surface area (Å²) < 4.78 is 5.10. The Kier molecular flexibility index (Phi) is 8.99. The Morgan fingerprint density at radius 2 is 1.83 bits per heavy atom. The molecule has 1 unspecified atom stereocenters. The molecule has 1 aromatic rings. The van der Waals surface area contributed by atoms with Crippen LogP contribution in [-0.2, 0) is 9.53 Å². The lowest BCUT2D eigenvalue weighted by Gasteiger charge is -2.28. The van der Waals surface area contributed by atoms with Crippen LogP contribution in [0.25, 0.3) is 0 Å². The smallest absolute Gasteiger partial charge is 0.329 e. The van der Waals surface area contributed by atoms with Crippen molar-refractivity contribution in [3.8, 4) is 0 Å². The van der Waals surface area contributed by atoms with Crippen LogP contribution in [0.4, 0.5) is 0 Å². The van der Waals surface area contributed by atoms with Gasteiger partial charge in [-0.15, -0.1) is 11.6 Å². The molecule has 2 saturated carbocycles. The molecule has 0 radical (unpaired) electrons. The van der Waals surface area contributed by atoms with Gasteiger partial charge in [-0.1, -0.05) is 49.9 Å². The Hall–Kier alpha value is -1.14. The summed E-state index contributed by atoms with van der Waals surface area (Å²) in [6.45, 7) is 0.162. The van der Waals surface area contributed by atoms with Crippen LogP contribution in [0.15, 0.2) is 24.3 Å². The van der Waals surface area contributed by atoms with Gasteiger partial charge in [0.2, 0.25) is 0 Å². The molecular formula is C24H35ClO5. The van der Waals surface area contributed by atoms with Crippen LogP contribution >= 0.6 is 11.6 Å². The number of aliphatic hydroxyl groups excluding tert-OH is 2. The first-order chi connectivity index (χ1) is 14.5. The molecule has 2 aliphatic rings. The number of aliphatic carboxylic acids is 1. The van der Waals surface area contributed by atoms with E-state index in [1.165, 1.54) is 19.3 Å². The van der Waals surface area contributed by atoms with Crippen molar-refractivity contribution in [2.24, 2.45) is 11.8 Å². The fraction of sp³-hybridized carbons (Fsp3) is 0.708. The van der Waals surface area contributed by atoms with Crippen LogP contribution in [0.5, 0.6) is 0 Å². The predicted molar refractivity (Wildman–Crippen MR) is 117 cm³/mol. The molecule has 3 N–H and O–H groups in total. The van der Waals surface area contributed by atoms with Crippen LogP contribution in [0.2, 0.25) is 0 Å². The third-order valence-electron chi connectivity index (χ3n) is 6.87. The molecule has 2 aliphatic carbocycles. The molecule has 5 atom stereocenters. The first-order valence-corrected chi connectivity index (χ1v) is 11.8. The minimum Gasteiger partial charge on any atom is -0.480 e. The second-order valence-corrected chi connectivity index (χ2v) is 9.52. The zero-order valence-corrected chi connectivity index (χ0v) is 18.3. The molecule has 1 aromatic carbocycles. The second-order valence-electron chi connectivity index (χ2n) is 8.96. The second kappa shape index (κ2) is 11.5. The average molecular weight is 439 g/mol. The average Bonchev–Trinajstić information content (AvgIpc) is 3.03. The quantitative estimate of drug-likeness (QED) is 0.366. The summed E-state index contributed by atoms with van der Waals surface area (Å²) in [5, 5.41) is 29.9. The Labute approximate surface area is 184 Å². The molecule has 6 heteroatoms. The highest BCUT2D eigenvalue weighted by Crippen LogP contribution is 2.45. The third kappa shape index (κ3) is 6.19. The van der Waals surface area contributed by atoms with Crippen molar-refractivity contribution >= 4 is 17.6 Å². The lowest BCUT2D eigenvalue weighted by Crippen LogP contribution is -2.19. The van der Waals surface area contributed by atoms with Gasteiger partial charge in [0.05, 0.1) is 12.2 Å². The molecule has 5 nitrogen and oxygen atoms in total. The first-order valence-electron chi connectivity index (χ1n) is 11.4. The minimum atomic E-state index is -0.952. The third-order valence-corrected chi connectivity index (χ3v) is 7.37. The van der Waals surface area contributed by atoms with Crippen LogP contribution in [-0.4, -0.2) is 46.0 Å². The molecule has 0 aliphatic heterocycles. The molecule has 30 heavy (non-hydrogen) atoms. The van der Waals surface area contributed by atoms with Gasteiger partial charge in [0, 0.05) is 17.9 Å². The molecule has 3 rings (SSSR count). The Bertz CT molecular complexity index is 658. The monoisotopic (exact) mass is 438 g/mol. The number of carbonyl (C=O) groups is 1. The normalized spacial score (nSPS) is 28.5. The highest BCUT2D eigenvalue weighted by molar-refractivity contribution is 6.21. The van der Waals surface area contributed by atoms with E-state index in [9.17, 15) is 15.0 Å². The van der Waals surface area contributed by atoms with Crippen molar-refractivity contribution in [3.63, 3.8) is 0 Å². The minimum absolute atomic E-state index is 0.00619. The number of halogens is 1. The van der Waals surface area contributed by atoms with E-state index in [-0.39, 0.29) is 23.8 Å². The fourth-order valence-electron chi connectivity index (χ4n) is 5.27. The lowest BCUT2D eigenvalue weighted by molar-refractivity contribution is -0.142. The lowest BCUT2D eigenvalue weighted by atomic mass is 9.81. The van der Waals surface area contributed by atoms with E-state index in [2.05, 4.69) is 0 Å². The highest BCUT2D eigenvalue weighted by Gasteiger charge is 2.42. The number of carboxylic acids is 1. The SMILES string of the molecule is O=C(O)COCCCC[C@@H]1[C@@H](c2ccc(C(O)C3CCCCC3)cc2)[C@H](O)C[C@H]1Cl. The number of unbranched alkanes of at least 4 members (excludes halogenated alkanes) is 1. The predicted octanol–water partition coefficient (Wildman–Crippen LogP) is 4.64. The Morgan fingerprint density at radius 1 is 1.13 bits per heavy atom. The largest absolute Gasteiger partial charge is 0.480 e. The number of aliphatic hydroxyl groups is 2. The van der Waals surface area contributed by atoms with Gasteiger partial charge in [-0.05, 0) is 55.1 Å². The summed E-state index contributed by atoms with van der Waals surface area (Å²) in [7, 11) is 0.